The zero-order valence-electron chi connectivity index (χ0n) is 8.23. The van der Waals surface area contributed by atoms with Gasteiger partial charge in [-0.05, 0) is 24.0 Å². The number of carbonyl (C=O) groups excluding carboxylic acids is 1. The van der Waals surface area contributed by atoms with E-state index in [1.54, 1.807) is 0 Å². The topological polar surface area (TPSA) is 56.0 Å². The van der Waals surface area contributed by atoms with Gasteiger partial charge in [-0.3, -0.25) is 4.79 Å². The van der Waals surface area contributed by atoms with E-state index in [1.807, 2.05) is 30.3 Å². The van der Waals surface area contributed by atoms with Crippen LogP contribution in [-0.2, 0) is 0 Å². The molecule has 0 aliphatic heterocycles. The minimum Gasteiger partial charge on any atom is -0.382 e. The van der Waals surface area contributed by atoms with E-state index < -0.39 is 0 Å². The number of hydrogen-bond acceptors (Lipinski definition) is 4. The van der Waals surface area contributed by atoms with E-state index in [4.69, 9.17) is 5.73 Å². The van der Waals surface area contributed by atoms with Crippen molar-refractivity contribution in [1.82, 2.24) is 4.37 Å². The molecule has 0 unspecified atom stereocenters. The van der Waals surface area contributed by atoms with Crippen LogP contribution in [0.3, 0.4) is 0 Å². The molecule has 4 heteroatoms. The molecule has 1 aromatic carbocycles. The Balaban J connectivity index is 2.59. The summed E-state index contributed by atoms with van der Waals surface area (Å²) < 4.78 is 4.01. The van der Waals surface area contributed by atoms with Crippen molar-refractivity contribution >= 4 is 23.1 Å². The number of hydrogen-bond donors (Lipinski definition) is 1. The predicted octanol–water partition coefficient (Wildman–Crippen LogP) is 2.59. The summed E-state index contributed by atoms with van der Waals surface area (Å²) >= 11 is 1.26. The molecule has 0 fully saturated rings. The second-order valence-electron chi connectivity index (χ2n) is 3.19. The van der Waals surface area contributed by atoms with Crippen LogP contribution in [0.25, 0.3) is 10.4 Å². The molecule has 0 radical (unpaired) electrons. The lowest BCUT2D eigenvalue weighted by molar-refractivity contribution is 0.101. The summed E-state index contributed by atoms with van der Waals surface area (Å²) in [5.41, 5.74) is 7.17. The first-order chi connectivity index (χ1) is 7.20. The molecule has 0 saturated carbocycles. The zero-order valence-corrected chi connectivity index (χ0v) is 9.04. The van der Waals surface area contributed by atoms with Crippen LogP contribution in [0.15, 0.2) is 30.3 Å². The van der Waals surface area contributed by atoms with Crippen molar-refractivity contribution in [2.75, 3.05) is 5.73 Å². The van der Waals surface area contributed by atoms with Crippen molar-refractivity contribution in [1.29, 1.82) is 0 Å². The van der Waals surface area contributed by atoms with Crippen molar-refractivity contribution in [3.05, 3.63) is 35.9 Å². The van der Waals surface area contributed by atoms with Gasteiger partial charge in [0.25, 0.3) is 0 Å². The Kier molecular flexibility index (Phi) is 2.51. The molecule has 0 saturated heterocycles. The van der Waals surface area contributed by atoms with E-state index in [0.29, 0.717) is 11.4 Å². The fraction of sp³-hybridized carbons (Fsp3) is 0.0909. The van der Waals surface area contributed by atoms with Gasteiger partial charge < -0.3 is 5.73 Å². The van der Waals surface area contributed by atoms with E-state index in [0.717, 1.165) is 10.4 Å². The average Bonchev–Trinajstić information content (AvgIpc) is 2.61. The van der Waals surface area contributed by atoms with E-state index in [2.05, 4.69) is 4.37 Å². The summed E-state index contributed by atoms with van der Waals surface area (Å²) in [5.74, 6) is 0.284. The molecule has 15 heavy (non-hydrogen) atoms. The first kappa shape index (κ1) is 9.86. The number of anilines is 1. The standard InChI is InChI=1S/C11H10N2OS/c1-7(14)9-10(15-13-11(9)12)8-5-3-2-4-6-8/h2-6H,1H3,(H2,12,13). The number of rotatable bonds is 2. The number of carbonyl (C=O) groups is 1. The summed E-state index contributed by atoms with van der Waals surface area (Å²) in [7, 11) is 0. The van der Waals surface area contributed by atoms with Gasteiger partial charge in [0, 0.05) is 0 Å². The van der Waals surface area contributed by atoms with Crippen molar-refractivity contribution in [3.63, 3.8) is 0 Å². The number of Topliss-reactive ketones (excluding diaryl/α,β-unsaturated/α-hetero) is 1. The first-order valence-corrected chi connectivity index (χ1v) is 5.29. The summed E-state index contributed by atoms with van der Waals surface area (Å²) in [6.07, 6.45) is 0. The number of benzene rings is 1. The molecule has 2 N–H and O–H groups in total. The number of nitrogen functional groups attached to an aromatic ring is 1. The van der Waals surface area contributed by atoms with Gasteiger partial charge in [0.2, 0.25) is 0 Å². The van der Waals surface area contributed by atoms with Crippen molar-refractivity contribution in [2.24, 2.45) is 0 Å². The third kappa shape index (κ3) is 1.76. The van der Waals surface area contributed by atoms with E-state index >= 15 is 0 Å². The Morgan fingerprint density at radius 1 is 1.33 bits per heavy atom. The summed E-state index contributed by atoms with van der Waals surface area (Å²) in [6.45, 7) is 1.51. The maximum absolute atomic E-state index is 11.4. The SMILES string of the molecule is CC(=O)c1c(N)nsc1-c1ccccc1. The Morgan fingerprint density at radius 2 is 2.00 bits per heavy atom. The second-order valence-corrected chi connectivity index (χ2v) is 3.97. The molecule has 0 bridgehead atoms. The van der Waals surface area contributed by atoms with Crippen LogP contribution in [0.2, 0.25) is 0 Å². The van der Waals surface area contributed by atoms with E-state index in [-0.39, 0.29) is 5.78 Å². The van der Waals surface area contributed by atoms with Crippen LogP contribution in [0.4, 0.5) is 5.82 Å². The van der Waals surface area contributed by atoms with Gasteiger partial charge in [0.1, 0.15) is 5.82 Å². The van der Waals surface area contributed by atoms with Crippen LogP contribution < -0.4 is 5.73 Å². The van der Waals surface area contributed by atoms with Gasteiger partial charge in [0.15, 0.2) is 5.78 Å². The molecule has 3 nitrogen and oxygen atoms in total. The second kappa shape index (κ2) is 3.82. The molecular formula is C11H10N2OS. The lowest BCUT2D eigenvalue weighted by Gasteiger charge is -1.99. The average molecular weight is 218 g/mol. The van der Waals surface area contributed by atoms with Gasteiger partial charge in [0.05, 0.1) is 10.4 Å². The number of nitrogens with zero attached hydrogens (tertiary/aromatic N) is 1. The van der Waals surface area contributed by atoms with E-state index in [1.165, 1.54) is 18.5 Å². The van der Waals surface area contributed by atoms with Gasteiger partial charge >= 0.3 is 0 Å². The quantitative estimate of drug-likeness (QED) is 0.788. The molecule has 2 rings (SSSR count). The largest absolute Gasteiger partial charge is 0.382 e. The smallest absolute Gasteiger partial charge is 0.165 e. The molecule has 1 aromatic heterocycles. The molecule has 0 spiro atoms. The minimum atomic E-state index is -0.0416. The van der Waals surface area contributed by atoms with Crippen LogP contribution in [0.5, 0.6) is 0 Å². The molecule has 2 aromatic rings. The first-order valence-electron chi connectivity index (χ1n) is 4.51. The Labute approximate surface area is 91.7 Å². The highest BCUT2D eigenvalue weighted by Gasteiger charge is 2.16. The molecule has 0 atom stereocenters. The van der Waals surface area contributed by atoms with Gasteiger partial charge in [-0.1, -0.05) is 30.3 Å². The normalized spacial score (nSPS) is 10.2. The Hall–Kier alpha value is -1.68. The third-order valence-corrected chi connectivity index (χ3v) is 3.02. The Bertz CT molecular complexity index is 491. The molecule has 0 aliphatic carbocycles. The maximum atomic E-state index is 11.4. The summed E-state index contributed by atoms with van der Waals surface area (Å²) in [5, 5.41) is 0. The highest BCUT2D eigenvalue weighted by Crippen LogP contribution is 2.31. The fourth-order valence-electron chi connectivity index (χ4n) is 1.43. The monoisotopic (exact) mass is 218 g/mol. The minimum absolute atomic E-state index is 0.0416. The number of nitrogens with two attached hydrogens (primary N) is 1. The molecule has 1 heterocycles. The highest BCUT2D eigenvalue weighted by atomic mass is 32.1. The molecule has 76 valence electrons. The lowest BCUT2D eigenvalue weighted by atomic mass is 10.1. The maximum Gasteiger partial charge on any atom is 0.165 e. The third-order valence-electron chi connectivity index (χ3n) is 2.11. The molecule has 0 aliphatic rings. The zero-order chi connectivity index (χ0) is 10.8. The Morgan fingerprint density at radius 3 is 2.60 bits per heavy atom. The van der Waals surface area contributed by atoms with Crippen LogP contribution in [-0.4, -0.2) is 10.2 Å². The lowest BCUT2D eigenvalue weighted by Crippen LogP contribution is -1.98. The van der Waals surface area contributed by atoms with E-state index in [9.17, 15) is 4.79 Å². The summed E-state index contributed by atoms with van der Waals surface area (Å²) in [4.78, 5) is 12.3. The van der Waals surface area contributed by atoms with Gasteiger partial charge in [-0.15, -0.1) is 0 Å². The number of ketones is 1. The molecular weight excluding hydrogens is 208 g/mol. The molecule has 0 amide bonds. The van der Waals surface area contributed by atoms with Crippen molar-refractivity contribution in [3.8, 4) is 10.4 Å². The van der Waals surface area contributed by atoms with Crippen LogP contribution >= 0.6 is 11.5 Å². The summed E-state index contributed by atoms with van der Waals surface area (Å²) in [6, 6.07) is 9.67. The highest BCUT2D eigenvalue weighted by molar-refractivity contribution is 7.10. The van der Waals surface area contributed by atoms with Gasteiger partial charge in [-0.2, -0.15) is 4.37 Å². The van der Waals surface area contributed by atoms with Crippen molar-refractivity contribution < 1.29 is 4.79 Å². The van der Waals surface area contributed by atoms with Gasteiger partial charge in [-0.25, -0.2) is 0 Å². The predicted molar refractivity (Wildman–Crippen MR) is 62.0 cm³/mol. The van der Waals surface area contributed by atoms with Crippen molar-refractivity contribution in [2.45, 2.75) is 6.92 Å². The van der Waals surface area contributed by atoms with Crippen LogP contribution in [0, 0.1) is 0 Å². The fourth-order valence-corrected chi connectivity index (χ4v) is 2.29. The van der Waals surface area contributed by atoms with Crippen LogP contribution in [0.1, 0.15) is 17.3 Å². The number of aromatic nitrogens is 1.